The number of carbonyl (C=O) groups is 1. The molecular weight excluding hydrogens is 202 g/mol. The number of nitrogens with zero attached hydrogens (tertiary/aromatic N) is 1. The molecular formula is C12H9N3O. The van der Waals surface area contributed by atoms with Crippen molar-refractivity contribution in [2.75, 3.05) is 5.32 Å². The first-order chi connectivity index (χ1) is 7.90. The molecule has 1 amide bonds. The van der Waals surface area contributed by atoms with E-state index in [-0.39, 0.29) is 0 Å². The Hall–Kier alpha value is -2.36. The summed E-state index contributed by atoms with van der Waals surface area (Å²) in [6.45, 7) is 0. The highest BCUT2D eigenvalue weighted by molar-refractivity contribution is 6.11. The normalized spacial score (nSPS) is 10.8. The fraction of sp³-hybridized carbons (Fsp3) is 0. The maximum absolute atomic E-state index is 10.5. The topological polar surface area (TPSA) is 57.8 Å². The molecule has 0 saturated heterocycles. The number of aromatic nitrogens is 2. The number of amides is 1. The molecule has 0 radical (unpaired) electrons. The van der Waals surface area contributed by atoms with Crippen LogP contribution in [0.4, 0.5) is 5.82 Å². The lowest BCUT2D eigenvalue weighted by Crippen LogP contribution is -1.96. The van der Waals surface area contributed by atoms with Crippen LogP contribution in [0.25, 0.3) is 21.8 Å². The van der Waals surface area contributed by atoms with Crippen LogP contribution in [0.5, 0.6) is 0 Å². The maximum Gasteiger partial charge on any atom is 0.212 e. The molecule has 3 rings (SSSR count). The van der Waals surface area contributed by atoms with E-state index in [1.165, 1.54) is 0 Å². The first kappa shape index (κ1) is 8.91. The Morgan fingerprint density at radius 2 is 2.06 bits per heavy atom. The van der Waals surface area contributed by atoms with Crippen molar-refractivity contribution in [2.24, 2.45) is 0 Å². The summed E-state index contributed by atoms with van der Waals surface area (Å²) in [6.07, 6.45) is 2.32. The Balaban J connectivity index is 2.43. The van der Waals surface area contributed by atoms with Crippen LogP contribution in [0.15, 0.2) is 36.5 Å². The molecule has 2 aromatic heterocycles. The molecule has 0 saturated carbocycles. The minimum Gasteiger partial charge on any atom is -0.351 e. The van der Waals surface area contributed by atoms with Gasteiger partial charge in [0.15, 0.2) is 5.82 Å². The first-order valence-electron chi connectivity index (χ1n) is 4.96. The summed E-state index contributed by atoms with van der Waals surface area (Å²) >= 11 is 0. The van der Waals surface area contributed by atoms with Crippen LogP contribution in [-0.2, 0) is 4.79 Å². The number of carbonyl (C=O) groups excluding carboxylic acids is 1. The van der Waals surface area contributed by atoms with Gasteiger partial charge in [-0.3, -0.25) is 4.79 Å². The minimum atomic E-state index is 0.559. The summed E-state index contributed by atoms with van der Waals surface area (Å²) in [4.78, 5) is 17.8. The molecule has 0 aliphatic rings. The average molecular weight is 211 g/mol. The van der Waals surface area contributed by atoms with Crippen molar-refractivity contribution in [3.8, 4) is 0 Å². The first-order valence-corrected chi connectivity index (χ1v) is 4.96. The van der Waals surface area contributed by atoms with Crippen LogP contribution in [0.3, 0.4) is 0 Å². The van der Waals surface area contributed by atoms with Crippen LogP contribution in [-0.4, -0.2) is 16.4 Å². The molecule has 0 unspecified atom stereocenters. The van der Waals surface area contributed by atoms with Gasteiger partial charge in [-0.15, -0.1) is 0 Å². The van der Waals surface area contributed by atoms with Gasteiger partial charge in [-0.25, -0.2) is 4.98 Å². The van der Waals surface area contributed by atoms with Crippen LogP contribution < -0.4 is 5.32 Å². The summed E-state index contributed by atoms with van der Waals surface area (Å²) < 4.78 is 0. The molecule has 1 aromatic carbocycles. The number of H-pyrrole nitrogens is 1. The van der Waals surface area contributed by atoms with Crippen molar-refractivity contribution in [1.29, 1.82) is 0 Å². The van der Waals surface area contributed by atoms with Gasteiger partial charge >= 0.3 is 0 Å². The summed E-state index contributed by atoms with van der Waals surface area (Å²) in [5.41, 5.74) is 1.90. The van der Waals surface area contributed by atoms with Crippen molar-refractivity contribution >= 4 is 34.0 Å². The van der Waals surface area contributed by atoms with Crippen molar-refractivity contribution < 1.29 is 4.79 Å². The second kappa shape index (κ2) is 3.34. The van der Waals surface area contributed by atoms with Gasteiger partial charge in [-0.1, -0.05) is 18.2 Å². The zero-order valence-electron chi connectivity index (χ0n) is 8.40. The Morgan fingerprint density at radius 1 is 1.19 bits per heavy atom. The number of hydrogen-bond acceptors (Lipinski definition) is 2. The lowest BCUT2D eigenvalue weighted by molar-refractivity contribution is -0.105. The molecule has 4 nitrogen and oxygen atoms in total. The summed E-state index contributed by atoms with van der Waals surface area (Å²) in [5, 5.41) is 4.79. The fourth-order valence-electron chi connectivity index (χ4n) is 1.94. The molecule has 0 fully saturated rings. The van der Waals surface area contributed by atoms with E-state index in [4.69, 9.17) is 0 Å². The quantitative estimate of drug-likeness (QED) is 0.639. The molecule has 78 valence electrons. The lowest BCUT2D eigenvalue weighted by Gasteiger charge is -1.98. The zero-order chi connectivity index (χ0) is 11.0. The van der Waals surface area contributed by atoms with E-state index >= 15 is 0 Å². The van der Waals surface area contributed by atoms with E-state index in [0.29, 0.717) is 12.2 Å². The maximum atomic E-state index is 10.5. The Labute approximate surface area is 91.3 Å². The number of para-hydroxylation sites is 1. The predicted molar refractivity (Wildman–Crippen MR) is 63.3 cm³/mol. The van der Waals surface area contributed by atoms with Crippen LogP contribution >= 0.6 is 0 Å². The van der Waals surface area contributed by atoms with Gasteiger partial charge in [0.2, 0.25) is 6.41 Å². The molecule has 3 aromatic rings. The van der Waals surface area contributed by atoms with Gasteiger partial charge in [0.25, 0.3) is 0 Å². The number of anilines is 1. The smallest absolute Gasteiger partial charge is 0.212 e. The fourth-order valence-corrected chi connectivity index (χ4v) is 1.94. The Morgan fingerprint density at radius 3 is 2.94 bits per heavy atom. The summed E-state index contributed by atoms with van der Waals surface area (Å²) in [7, 11) is 0. The number of aromatic amines is 1. The summed E-state index contributed by atoms with van der Waals surface area (Å²) in [6, 6.07) is 9.93. The number of hydrogen-bond donors (Lipinski definition) is 2. The van der Waals surface area contributed by atoms with Gasteiger partial charge < -0.3 is 10.3 Å². The van der Waals surface area contributed by atoms with Crippen molar-refractivity contribution in [1.82, 2.24) is 9.97 Å². The number of pyridine rings is 1. The molecule has 16 heavy (non-hydrogen) atoms. The molecule has 0 atom stereocenters. The molecule has 2 heterocycles. The van der Waals surface area contributed by atoms with E-state index in [0.717, 1.165) is 21.8 Å². The molecule has 0 spiro atoms. The zero-order valence-corrected chi connectivity index (χ0v) is 8.40. The molecule has 0 aliphatic heterocycles. The van der Waals surface area contributed by atoms with E-state index < -0.39 is 0 Å². The lowest BCUT2D eigenvalue weighted by atomic mass is 10.2. The third-order valence-electron chi connectivity index (χ3n) is 2.62. The number of benzene rings is 1. The second-order valence-corrected chi connectivity index (χ2v) is 3.51. The SMILES string of the molecule is O=CNc1nccc2c1[nH]c1ccccc12. The number of nitrogens with one attached hydrogen (secondary N) is 2. The van der Waals surface area contributed by atoms with E-state index in [2.05, 4.69) is 15.3 Å². The predicted octanol–water partition coefficient (Wildman–Crippen LogP) is 2.28. The molecule has 0 bridgehead atoms. The molecule has 2 N–H and O–H groups in total. The monoisotopic (exact) mass is 211 g/mol. The third-order valence-corrected chi connectivity index (χ3v) is 2.62. The van der Waals surface area contributed by atoms with Gasteiger partial charge in [0, 0.05) is 22.5 Å². The van der Waals surface area contributed by atoms with Gasteiger partial charge in [0.05, 0.1) is 5.52 Å². The minimum absolute atomic E-state index is 0.559. The second-order valence-electron chi connectivity index (χ2n) is 3.51. The average Bonchev–Trinajstić information content (AvgIpc) is 2.69. The van der Waals surface area contributed by atoms with Gasteiger partial charge in [-0.05, 0) is 12.1 Å². The molecule has 4 heteroatoms. The van der Waals surface area contributed by atoms with Gasteiger partial charge in [0.1, 0.15) is 0 Å². The van der Waals surface area contributed by atoms with E-state index in [1.54, 1.807) is 6.20 Å². The van der Waals surface area contributed by atoms with Crippen LogP contribution in [0.1, 0.15) is 0 Å². The number of rotatable bonds is 2. The van der Waals surface area contributed by atoms with Crippen LogP contribution in [0, 0.1) is 0 Å². The Bertz CT molecular complexity index is 672. The highest BCUT2D eigenvalue weighted by Gasteiger charge is 2.07. The Kier molecular flexibility index (Phi) is 1.86. The van der Waals surface area contributed by atoms with Crippen molar-refractivity contribution in [2.45, 2.75) is 0 Å². The largest absolute Gasteiger partial charge is 0.351 e. The number of fused-ring (bicyclic) bond motifs is 3. The summed E-state index contributed by atoms with van der Waals surface area (Å²) in [5.74, 6) is 0.559. The van der Waals surface area contributed by atoms with Crippen LogP contribution in [0.2, 0.25) is 0 Å². The third kappa shape index (κ3) is 1.16. The molecule has 0 aliphatic carbocycles. The van der Waals surface area contributed by atoms with Crippen molar-refractivity contribution in [3.05, 3.63) is 36.5 Å². The van der Waals surface area contributed by atoms with Gasteiger partial charge in [-0.2, -0.15) is 0 Å². The highest BCUT2D eigenvalue weighted by atomic mass is 16.1. The standard InChI is InChI=1S/C12H9N3O/c16-7-14-12-11-9(5-6-13-12)8-3-1-2-4-10(8)15-11/h1-7,15H,(H,13,14,16). The van der Waals surface area contributed by atoms with Crippen molar-refractivity contribution in [3.63, 3.8) is 0 Å². The van der Waals surface area contributed by atoms with E-state index in [1.807, 2.05) is 30.3 Å². The highest BCUT2D eigenvalue weighted by Crippen LogP contribution is 2.28. The van der Waals surface area contributed by atoms with E-state index in [9.17, 15) is 4.79 Å².